The highest BCUT2D eigenvalue weighted by molar-refractivity contribution is 5.76. The molecule has 1 fully saturated rings. The number of likely N-dealkylation sites (N-methyl/N-ethyl adjacent to an activating group) is 1. The molecule has 2 aromatic rings. The van der Waals surface area contributed by atoms with Crippen LogP contribution in [0, 0.1) is 5.82 Å². The fraction of sp³-hybridized carbons (Fsp3) is 0.462. The molecule has 1 aliphatic carbocycles. The zero-order chi connectivity index (χ0) is 23.1. The number of aliphatic hydroxyl groups excluding tert-OH is 1. The summed E-state index contributed by atoms with van der Waals surface area (Å²) in [5.74, 6) is -0.401. The topological polar surface area (TPSA) is 69.6 Å². The van der Waals surface area contributed by atoms with Gasteiger partial charge >= 0.3 is 0 Å². The Kier molecular flexibility index (Phi) is 8.02. The lowest BCUT2D eigenvalue weighted by molar-refractivity contribution is -0.134. The largest absolute Gasteiger partial charge is 0.391 e. The summed E-state index contributed by atoms with van der Waals surface area (Å²) in [6.07, 6.45) is 2.89. The molecule has 0 aromatic heterocycles. The van der Waals surface area contributed by atoms with E-state index in [0.717, 1.165) is 24.0 Å². The van der Waals surface area contributed by atoms with Crippen LogP contribution in [-0.2, 0) is 21.4 Å². The van der Waals surface area contributed by atoms with Crippen LogP contribution < -0.4 is 5.32 Å². The van der Waals surface area contributed by atoms with Gasteiger partial charge in [0.15, 0.2) is 0 Å². The first kappa shape index (κ1) is 23.9. The van der Waals surface area contributed by atoms with Crippen LogP contribution in [-0.4, -0.2) is 47.6 Å². The molecular weight excluding hydrogens is 407 g/mol. The molecule has 0 unspecified atom stereocenters. The van der Waals surface area contributed by atoms with E-state index >= 15 is 0 Å². The number of aryl methyl sites for hydroxylation is 1. The van der Waals surface area contributed by atoms with Crippen LogP contribution in [0.1, 0.15) is 50.2 Å². The van der Waals surface area contributed by atoms with Crippen LogP contribution in [0.4, 0.5) is 4.39 Å². The number of rotatable bonds is 7. The lowest BCUT2D eigenvalue weighted by Gasteiger charge is -2.34. The highest BCUT2D eigenvalue weighted by Crippen LogP contribution is 2.39. The van der Waals surface area contributed by atoms with Gasteiger partial charge < -0.3 is 15.3 Å². The lowest BCUT2D eigenvalue weighted by Crippen LogP contribution is -2.44. The maximum absolute atomic E-state index is 13.1. The van der Waals surface area contributed by atoms with E-state index in [1.807, 2.05) is 18.2 Å². The van der Waals surface area contributed by atoms with Crippen LogP contribution in [0.2, 0.25) is 0 Å². The second-order valence-electron chi connectivity index (χ2n) is 8.90. The van der Waals surface area contributed by atoms with Crippen molar-refractivity contribution in [2.75, 3.05) is 13.6 Å². The molecule has 32 heavy (non-hydrogen) atoms. The lowest BCUT2D eigenvalue weighted by atomic mass is 9.74. The number of halogens is 1. The molecule has 2 aromatic carbocycles. The molecule has 1 saturated carbocycles. The number of benzene rings is 2. The second-order valence-corrected chi connectivity index (χ2v) is 8.90. The standard InChI is InChI=1S/C26H33FN2O3/c1-19(30)28-18-26(21-6-4-3-5-7-21)16-14-23(24(31)15-17-26)29(2)25(32)13-10-20-8-11-22(27)12-9-20/h3-9,11-12,23-24,31H,10,13-18H2,1-2H3,(H,28,30)/t23-,24-,26-/m1/s1. The van der Waals surface area contributed by atoms with Gasteiger partial charge in [0.2, 0.25) is 11.8 Å². The van der Waals surface area contributed by atoms with Gasteiger partial charge in [-0.25, -0.2) is 4.39 Å². The minimum atomic E-state index is -0.627. The summed E-state index contributed by atoms with van der Waals surface area (Å²) >= 11 is 0. The van der Waals surface area contributed by atoms with Gasteiger partial charge in [-0.2, -0.15) is 0 Å². The first-order valence-electron chi connectivity index (χ1n) is 11.3. The van der Waals surface area contributed by atoms with Gasteiger partial charge in [0, 0.05) is 32.4 Å². The normalized spacial score (nSPS) is 23.2. The molecule has 3 atom stereocenters. The molecule has 0 aliphatic heterocycles. The van der Waals surface area contributed by atoms with Crippen molar-refractivity contribution in [2.45, 2.75) is 63.0 Å². The van der Waals surface area contributed by atoms with Crippen molar-refractivity contribution in [2.24, 2.45) is 0 Å². The summed E-state index contributed by atoms with van der Waals surface area (Å²) < 4.78 is 13.1. The highest BCUT2D eigenvalue weighted by atomic mass is 19.1. The molecule has 1 aliphatic rings. The van der Waals surface area contributed by atoms with E-state index < -0.39 is 6.10 Å². The van der Waals surface area contributed by atoms with Gasteiger partial charge in [-0.05, 0) is 55.4 Å². The Morgan fingerprint density at radius 1 is 1.09 bits per heavy atom. The molecule has 0 bridgehead atoms. The summed E-state index contributed by atoms with van der Waals surface area (Å²) in [5.41, 5.74) is 1.78. The number of hydrogen-bond donors (Lipinski definition) is 2. The molecule has 0 radical (unpaired) electrons. The number of carbonyl (C=O) groups excluding carboxylic acids is 2. The molecule has 0 heterocycles. The maximum Gasteiger partial charge on any atom is 0.222 e. The summed E-state index contributed by atoms with van der Waals surface area (Å²) in [4.78, 5) is 26.2. The van der Waals surface area contributed by atoms with E-state index in [2.05, 4.69) is 17.4 Å². The molecule has 172 valence electrons. The molecule has 2 amide bonds. The summed E-state index contributed by atoms with van der Waals surface area (Å²) in [6, 6.07) is 16.0. The number of nitrogens with zero attached hydrogens (tertiary/aromatic N) is 1. The Labute approximate surface area is 189 Å². The third-order valence-corrected chi connectivity index (χ3v) is 6.78. The van der Waals surface area contributed by atoms with Gasteiger partial charge in [0.05, 0.1) is 12.1 Å². The van der Waals surface area contributed by atoms with Crippen LogP contribution in [0.25, 0.3) is 0 Å². The highest BCUT2D eigenvalue weighted by Gasteiger charge is 2.39. The first-order chi connectivity index (χ1) is 15.3. The van der Waals surface area contributed by atoms with Crippen LogP contribution in [0.15, 0.2) is 54.6 Å². The SMILES string of the molecule is CC(=O)NC[C@]1(c2ccccc2)CC[C@@H](O)[C@H](N(C)C(=O)CCc2ccc(F)cc2)CC1. The van der Waals surface area contributed by atoms with E-state index in [9.17, 15) is 19.1 Å². The number of hydrogen-bond acceptors (Lipinski definition) is 3. The third-order valence-electron chi connectivity index (χ3n) is 6.78. The van der Waals surface area contributed by atoms with Gasteiger partial charge in [0.25, 0.3) is 0 Å². The fourth-order valence-electron chi connectivity index (χ4n) is 4.73. The Morgan fingerprint density at radius 2 is 1.75 bits per heavy atom. The van der Waals surface area contributed by atoms with Gasteiger partial charge in [-0.15, -0.1) is 0 Å². The quantitative estimate of drug-likeness (QED) is 0.647. The maximum atomic E-state index is 13.1. The summed E-state index contributed by atoms with van der Waals surface area (Å²) in [7, 11) is 1.75. The van der Waals surface area contributed by atoms with E-state index in [1.165, 1.54) is 19.1 Å². The van der Waals surface area contributed by atoms with Gasteiger partial charge in [-0.3, -0.25) is 9.59 Å². The second kappa shape index (κ2) is 10.7. The molecule has 0 saturated heterocycles. The van der Waals surface area contributed by atoms with Gasteiger partial charge in [-0.1, -0.05) is 42.5 Å². The average molecular weight is 441 g/mol. The summed E-state index contributed by atoms with van der Waals surface area (Å²) in [6.45, 7) is 2.02. The van der Waals surface area contributed by atoms with Crippen molar-refractivity contribution < 1.29 is 19.1 Å². The predicted molar refractivity (Wildman–Crippen MR) is 123 cm³/mol. The van der Waals surface area contributed by atoms with Crippen molar-refractivity contribution in [3.63, 3.8) is 0 Å². The number of amides is 2. The van der Waals surface area contributed by atoms with E-state index in [4.69, 9.17) is 0 Å². The Balaban J connectivity index is 1.69. The zero-order valence-electron chi connectivity index (χ0n) is 18.9. The Morgan fingerprint density at radius 3 is 2.41 bits per heavy atom. The van der Waals surface area contributed by atoms with Crippen LogP contribution in [0.5, 0.6) is 0 Å². The van der Waals surface area contributed by atoms with E-state index in [1.54, 1.807) is 24.1 Å². The summed E-state index contributed by atoms with van der Waals surface area (Å²) in [5, 5.41) is 13.9. The third kappa shape index (κ3) is 5.94. The minimum absolute atomic E-state index is 0.0348. The smallest absolute Gasteiger partial charge is 0.222 e. The van der Waals surface area contributed by atoms with Crippen LogP contribution >= 0.6 is 0 Å². The number of nitrogens with one attached hydrogen (secondary N) is 1. The monoisotopic (exact) mass is 440 g/mol. The van der Waals surface area contributed by atoms with Crippen molar-refractivity contribution in [3.05, 3.63) is 71.5 Å². The molecular formula is C26H33FN2O3. The fourth-order valence-corrected chi connectivity index (χ4v) is 4.73. The van der Waals surface area contributed by atoms with E-state index in [-0.39, 0.29) is 29.1 Å². The van der Waals surface area contributed by atoms with Gasteiger partial charge in [0.1, 0.15) is 5.82 Å². The Hall–Kier alpha value is -2.73. The molecule has 5 nitrogen and oxygen atoms in total. The van der Waals surface area contributed by atoms with Crippen molar-refractivity contribution in [1.82, 2.24) is 10.2 Å². The zero-order valence-corrected chi connectivity index (χ0v) is 18.9. The molecule has 0 spiro atoms. The van der Waals surface area contributed by atoms with Crippen molar-refractivity contribution in [1.29, 1.82) is 0 Å². The van der Waals surface area contributed by atoms with Crippen molar-refractivity contribution >= 4 is 11.8 Å². The molecule has 2 N–H and O–H groups in total. The minimum Gasteiger partial charge on any atom is -0.391 e. The molecule has 3 rings (SSSR count). The Bertz CT molecular complexity index is 903. The number of carbonyl (C=O) groups is 2. The molecule has 6 heteroatoms. The van der Waals surface area contributed by atoms with Crippen molar-refractivity contribution in [3.8, 4) is 0 Å². The predicted octanol–water partition coefficient (Wildman–Crippen LogP) is 3.59. The average Bonchev–Trinajstić information content (AvgIpc) is 2.97. The first-order valence-corrected chi connectivity index (χ1v) is 11.3. The number of aliphatic hydroxyl groups is 1. The van der Waals surface area contributed by atoms with Crippen LogP contribution in [0.3, 0.4) is 0 Å². The van der Waals surface area contributed by atoms with E-state index in [0.29, 0.717) is 32.2 Å².